The summed E-state index contributed by atoms with van der Waals surface area (Å²) in [6.07, 6.45) is 0.810. The maximum absolute atomic E-state index is 10.8. The van der Waals surface area contributed by atoms with Crippen molar-refractivity contribution < 1.29 is 9.53 Å². The average molecular weight is 275 g/mol. The summed E-state index contributed by atoms with van der Waals surface area (Å²) in [5, 5.41) is 0.755. The molecule has 0 aliphatic carbocycles. The molecule has 0 aromatic heterocycles. The Kier molecular flexibility index (Phi) is 3.91. The molecule has 2 nitrogen and oxygen atoms in total. The molecule has 0 atom stereocenters. The zero-order valence-electron chi connectivity index (χ0n) is 11.2. The standard InChI is InChI=1S/C16H15ClO2/c1-10-4-5-13(9-18)8-15(10)19-14-6-11(2)16(17)12(3)7-14/h4-9H,1-3H3. The van der Waals surface area contributed by atoms with Crippen molar-refractivity contribution in [3.8, 4) is 11.5 Å². The highest BCUT2D eigenvalue weighted by Gasteiger charge is 2.07. The van der Waals surface area contributed by atoms with Gasteiger partial charge in [-0.1, -0.05) is 23.7 Å². The van der Waals surface area contributed by atoms with Crippen LogP contribution in [0.25, 0.3) is 0 Å². The van der Waals surface area contributed by atoms with Gasteiger partial charge < -0.3 is 4.74 Å². The normalized spacial score (nSPS) is 10.3. The van der Waals surface area contributed by atoms with Crippen LogP contribution in [0.3, 0.4) is 0 Å². The molecule has 0 bridgehead atoms. The Labute approximate surface area is 118 Å². The molecule has 0 aliphatic heterocycles. The topological polar surface area (TPSA) is 26.3 Å². The van der Waals surface area contributed by atoms with Crippen LogP contribution in [0.15, 0.2) is 30.3 Å². The minimum absolute atomic E-state index is 0.600. The van der Waals surface area contributed by atoms with Crippen LogP contribution in [0, 0.1) is 20.8 Å². The average Bonchev–Trinajstić information content (AvgIpc) is 2.38. The van der Waals surface area contributed by atoms with Gasteiger partial charge in [0, 0.05) is 10.6 Å². The summed E-state index contributed by atoms with van der Waals surface area (Å²) in [5.74, 6) is 1.41. The lowest BCUT2D eigenvalue weighted by Gasteiger charge is -2.12. The van der Waals surface area contributed by atoms with E-state index in [0.717, 1.165) is 33.7 Å². The molecule has 2 rings (SSSR count). The summed E-state index contributed by atoms with van der Waals surface area (Å²) in [5.41, 5.74) is 3.53. The van der Waals surface area contributed by atoms with Crippen molar-refractivity contribution in [3.63, 3.8) is 0 Å². The van der Waals surface area contributed by atoms with Gasteiger partial charge in [-0.3, -0.25) is 4.79 Å². The Balaban J connectivity index is 2.38. The number of ether oxygens (including phenoxy) is 1. The number of carbonyl (C=O) groups is 1. The van der Waals surface area contributed by atoms with E-state index >= 15 is 0 Å². The van der Waals surface area contributed by atoms with E-state index in [4.69, 9.17) is 16.3 Å². The largest absolute Gasteiger partial charge is 0.457 e. The molecule has 0 spiro atoms. The number of halogens is 1. The Morgan fingerprint density at radius 1 is 1.00 bits per heavy atom. The summed E-state index contributed by atoms with van der Waals surface area (Å²) in [6, 6.07) is 9.16. The summed E-state index contributed by atoms with van der Waals surface area (Å²) < 4.78 is 5.85. The Morgan fingerprint density at radius 2 is 1.63 bits per heavy atom. The number of carbonyl (C=O) groups excluding carboxylic acids is 1. The van der Waals surface area contributed by atoms with Gasteiger partial charge in [0.2, 0.25) is 0 Å². The van der Waals surface area contributed by atoms with Crippen LogP contribution in [-0.2, 0) is 0 Å². The molecule has 98 valence electrons. The van der Waals surface area contributed by atoms with E-state index in [1.807, 2.05) is 39.0 Å². The van der Waals surface area contributed by atoms with E-state index < -0.39 is 0 Å². The molecular weight excluding hydrogens is 260 g/mol. The summed E-state index contributed by atoms with van der Waals surface area (Å²) in [7, 11) is 0. The Hall–Kier alpha value is -1.80. The van der Waals surface area contributed by atoms with E-state index in [1.54, 1.807) is 12.1 Å². The van der Waals surface area contributed by atoms with Gasteiger partial charge in [-0.25, -0.2) is 0 Å². The highest BCUT2D eigenvalue weighted by molar-refractivity contribution is 6.32. The molecule has 0 fully saturated rings. The third-order valence-electron chi connectivity index (χ3n) is 2.99. The van der Waals surface area contributed by atoms with E-state index in [9.17, 15) is 4.79 Å². The lowest BCUT2D eigenvalue weighted by molar-refractivity contribution is 0.112. The number of benzene rings is 2. The van der Waals surface area contributed by atoms with Gasteiger partial charge in [0.25, 0.3) is 0 Å². The Morgan fingerprint density at radius 3 is 2.21 bits per heavy atom. The molecule has 2 aromatic rings. The molecule has 3 heteroatoms. The van der Waals surface area contributed by atoms with E-state index in [0.29, 0.717) is 11.3 Å². The Bertz CT molecular complexity index is 610. The number of aryl methyl sites for hydroxylation is 3. The zero-order valence-corrected chi connectivity index (χ0v) is 11.9. The van der Waals surface area contributed by atoms with Gasteiger partial charge in [0.05, 0.1) is 0 Å². The fourth-order valence-corrected chi connectivity index (χ4v) is 2.00. The minimum atomic E-state index is 0.600. The van der Waals surface area contributed by atoms with Gasteiger partial charge in [-0.15, -0.1) is 0 Å². The van der Waals surface area contributed by atoms with Crippen LogP contribution in [0.1, 0.15) is 27.0 Å². The summed E-state index contributed by atoms with van der Waals surface area (Å²) in [6.45, 7) is 5.83. The third-order valence-corrected chi connectivity index (χ3v) is 3.58. The van der Waals surface area contributed by atoms with Crippen LogP contribution in [0.5, 0.6) is 11.5 Å². The second kappa shape index (κ2) is 5.45. The van der Waals surface area contributed by atoms with Crippen LogP contribution < -0.4 is 4.74 Å². The number of rotatable bonds is 3. The zero-order chi connectivity index (χ0) is 14.0. The molecule has 2 aromatic carbocycles. The van der Waals surface area contributed by atoms with Crippen LogP contribution in [0.2, 0.25) is 5.02 Å². The third kappa shape index (κ3) is 2.96. The molecular formula is C16H15ClO2. The number of hydrogen-bond donors (Lipinski definition) is 0. The van der Waals surface area contributed by atoms with Crippen molar-refractivity contribution in [2.75, 3.05) is 0 Å². The first-order chi connectivity index (χ1) is 9.01. The van der Waals surface area contributed by atoms with Crippen molar-refractivity contribution in [3.05, 3.63) is 57.6 Å². The maximum Gasteiger partial charge on any atom is 0.150 e. The second-order valence-corrected chi connectivity index (χ2v) is 4.99. The number of hydrogen-bond acceptors (Lipinski definition) is 2. The van der Waals surface area contributed by atoms with Crippen molar-refractivity contribution in [2.24, 2.45) is 0 Å². The van der Waals surface area contributed by atoms with Gasteiger partial charge in [-0.2, -0.15) is 0 Å². The monoisotopic (exact) mass is 274 g/mol. The van der Waals surface area contributed by atoms with Crippen LogP contribution >= 0.6 is 11.6 Å². The second-order valence-electron chi connectivity index (χ2n) is 4.62. The van der Waals surface area contributed by atoms with Crippen molar-refractivity contribution in [1.29, 1.82) is 0 Å². The molecule has 0 saturated heterocycles. The van der Waals surface area contributed by atoms with Crippen molar-refractivity contribution in [1.82, 2.24) is 0 Å². The van der Waals surface area contributed by atoms with Gasteiger partial charge in [-0.05, 0) is 55.7 Å². The minimum Gasteiger partial charge on any atom is -0.457 e. The first kappa shape index (κ1) is 13.6. The molecule has 0 saturated carbocycles. The SMILES string of the molecule is Cc1ccc(C=O)cc1Oc1cc(C)c(Cl)c(C)c1. The van der Waals surface area contributed by atoms with Gasteiger partial charge >= 0.3 is 0 Å². The molecule has 19 heavy (non-hydrogen) atoms. The van der Waals surface area contributed by atoms with Crippen LogP contribution in [-0.4, -0.2) is 6.29 Å². The van der Waals surface area contributed by atoms with E-state index in [1.165, 1.54) is 0 Å². The van der Waals surface area contributed by atoms with E-state index in [-0.39, 0.29) is 0 Å². The summed E-state index contributed by atoms with van der Waals surface area (Å²) >= 11 is 6.13. The smallest absolute Gasteiger partial charge is 0.150 e. The quantitative estimate of drug-likeness (QED) is 0.747. The maximum atomic E-state index is 10.8. The lowest BCUT2D eigenvalue weighted by Crippen LogP contribution is -1.92. The molecule has 0 N–H and O–H groups in total. The fourth-order valence-electron chi connectivity index (χ4n) is 1.89. The highest BCUT2D eigenvalue weighted by Crippen LogP contribution is 2.30. The first-order valence-electron chi connectivity index (χ1n) is 6.01. The first-order valence-corrected chi connectivity index (χ1v) is 6.39. The molecule has 0 heterocycles. The highest BCUT2D eigenvalue weighted by atomic mass is 35.5. The van der Waals surface area contributed by atoms with E-state index in [2.05, 4.69) is 0 Å². The van der Waals surface area contributed by atoms with Crippen molar-refractivity contribution >= 4 is 17.9 Å². The summed E-state index contributed by atoms with van der Waals surface area (Å²) in [4.78, 5) is 10.8. The lowest BCUT2D eigenvalue weighted by atomic mass is 10.1. The van der Waals surface area contributed by atoms with Gasteiger partial charge in [0.15, 0.2) is 0 Å². The molecule has 0 radical (unpaired) electrons. The predicted octanol–water partition coefficient (Wildman–Crippen LogP) is 4.87. The molecule has 0 unspecified atom stereocenters. The van der Waals surface area contributed by atoms with Crippen molar-refractivity contribution in [2.45, 2.75) is 20.8 Å². The van der Waals surface area contributed by atoms with Gasteiger partial charge in [0.1, 0.15) is 17.8 Å². The predicted molar refractivity (Wildman–Crippen MR) is 77.6 cm³/mol. The molecule has 0 amide bonds. The molecule has 0 aliphatic rings. The fraction of sp³-hybridized carbons (Fsp3) is 0.188. The number of aldehydes is 1. The van der Waals surface area contributed by atoms with Crippen LogP contribution in [0.4, 0.5) is 0 Å².